The van der Waals surface area contributed by atoms with E-state index >= 15 is 0 Å². The molecule has 140 valence electrons. The maximum Gasteiger partial charge on any atom is 0.271 e. The van der Waals surface area contributed by atoms with Crippen molar-refractivity contribution in [2.24, 2.45) is 12.5 Å². The van der Waals surface area contributed by atoms with Crippen LogP contribution in [-0.2, 0) is 7.05 Å². The van der Waals surface area contributed by atoms with E-state index in [1.165, 1.54) is 32.4 Å². The Morgan fingerprint density at radius 1 is 1.12 bits per heavy atom. The zero-order valence-corrected chi connectivity index (χ0v) is 15.9. The van der Waals surface area contributed by atoms with Crippen molar-refractivity contribution < 1.29 is 4.79 Å². The van der Waals surface area contributed by atoms with Crippen LogP contribution in [0.5, 0.6) is 0 Å². The van der Waals surface area contributed by atoms with Crippen LogP contribution in [0.3, 0.4) is 0 Å². The minimum Gasteiger partial charge on any atom is -0.349 e. The molecule has 0 bridgehead atoms. The standard InChI is InChI=1S/C20H29N5O/c1-23-10-4-6-20(7-12-23)8-13-25(14-9-20)19(26)17-15-16(21-22-17)18-5-3-11-24(18)2/h3,5,11,15H,4,6-10,12-14H2,1-2H3,(H,21,22). The van der Waals surface area contributed by atoms with E-state index in [1.807, 2.05) is 40.9 Å². The monoisotopic (exact) mass is 355 g/mol. The van der Waals surface area contributed by atoms with E-state index in [2.05, 4.69) is 22.1 Å². The average Bonchev–Trinajstić information content (AvgIpc) is 3.25. The summed E-state index contributed by atoms with van der Waals surface area (Å²) in [5, 5.41) is 7.28. The van der Waals surface area contributed by atoms with Gasteiger partial charge in [-0.1, -0.05) is 0 Å². The number of aromatic nitrogens is 3. The lowest BCUT2D eigenvalue weighted by Crippen LogP contribution is -2.43. The van der Waals surface area contributed by atoms with Gasteiger partial charge in [-0.3, -0.25) is 9.89 Å². The number of H-pyrrole nitrogens is 1. The molecule has 2 saturated heterocycles. The highest BCUT2D eigenvalue weighted by Gasteiger charge is 2.37. The van der Waals surface area contributed by atoms with Gasteiger partial charge in [0.1, 0.15) is 11.4 Å². The number of rotatable bonds is 2. The summed E-state index contributed by atoms with van der Waals surface area (Å²) in [6, 6.07) is 5.88. The highest BCUT2D eigenvalue weighted by atomic mass is 16.2. The van der Waals surface area contributed by atoms with Gasteiger partial charge in [0.15, 0.2) is 0 Å². The lowest BCUT2D eigenvalue weighted by atomic mass is 9.73. The van der Waals surface area contributed by atoms with E-state index in [4.69, 9.17) is 0 Å². The molecule has 2 aromatic rings. The van der Waals surface area contributed by atoms with E-state index in [0.29, 0.717) is 11.1 Å². The van der Waals surface area contributed by atoms with Crippen molar-refractivity contribution in [2.75, 3.05) is 33.2 Å². The third-order valence-corrected chi connectivity index (χ3v) is 6.40. The van der Waals surface area contributed by atoms with E-state index in [-0.39, 0.29) is 5.91 Å². The second-order valence-electron chi connectivity index (χ2n) is 8.12. The van der Waals surface area contributed by atoms with Crippen LogP contribution in [-0.4, -0.2) is 63.7 Å². The third kappa shape index (κ3) is 3.30. The number of hydrogen-bond donors (Lipinski definition) is 1. The minimum absolute atomic E-state index is 0.0820. The second kappa shape index (κ2) is 6.91. The molecule has 0 saturated carbocycles. The fourth-order valence-electron chi connectivity index (χ4n) is 4.53. The Kier molecular flexibility index (Phi) is 4.61. The zero-order valence-electron chi connectivity index (χ0n) is 15.9. The van der Waals surface area contributed by atoms with Crippen LogP contribution in [0.15, 0.2) is 24.4 Å². The van der Waals surface area contributed by atoms with E-state index in [9.17, 15) is 4.79 Å². The van der Waals surface area contributed by atoms with Gasteiger partial charge in [0, 0.05) is 26.3 Å². The van der Waals surface area contributed by atoms with Crippen LogP contribution in [0, 0.1) is 5.41 Å². The summed E-state index contributed by atoms with van der Waals surface area (Å²) in [6.45, 7) is 4.12. The van der Waals surface area contributed by atoms with Gasteiger partial charge in [-0.2, -0.15) is 5.10 Å². The summed E-state index contributed by atoms with van der Waals surface area (Å²) >= 11 is 0. The molecule has 2 aliphatic heterocycles. The number of nitrogens with one attached hydrogen (secondary N) is 1. The number of amides is 1. The van der Waals surface area contributed by atoms with Gasteiger partial charge in [-0.15, -0.1) is 0 Å². The smallest absolute Gasteiger partial charge is 0.271 e. The number of hydrogen-bond acceptors (Lipinski definition) is 3. The maximum atomic E-state index is 12.9. The fraction of sp³-hybridized carbons (Fsp3) is 0.600. The van der Waals surface area contributed by atoms with Crippen LogP contribution in [0.2, 0.25) is 0 Å². The second-order valence-corrected chi connectivity index (χ2v) is 8.12. The first-order chi connectivity index (χ1) is 12.6. The quantitative estimate of drug-likeness (QED) is 0.901. The summed E-state index contributed by atoms with van der Waals surface area (Å²) in [4.78, 5) is 17.3. The molecule has 2 aliphatic rings. The van der Waals surface area contributed by atoms with E-state index < -0.39 is 0 Å². The highest BCUT2D eigenvalue weighted by Crippen LogP contribution is 2.41. The number of likely N-dealkylation sites (tertiary alicyclic amines) is 2. The normalized spacial score (nSPS) is 21.1. The molecular formula is C20H29N5O. The Morgan fingerprint density at radius 2 is 1.88 bits per heavy atom. The molecule has 1 amide bonds. The number of carbonyl (C=O) groups excluding carboxylic acids is 1. The summed E-state index contributed by atoms with van der Waals surface area (Å²) in [5.41, 5.74) is 2.88. The first-order valence-corrected chi connectivity index (χ1v) is 9.71. The molecule has 6 heteroatoms. The summed E-state index contributed by atoms with van der Waals surface area (Å²) in [7, 11) is 4.21. The third-order valence-electron chi connectivity index (χ3n) is 6.40. The molecule has 2 aromatic heterocycles. The van der Waals surface area contributed by atoms with E-state index in [1.54, 1.807) is 0 Å². The van der Waals surface area contributed by atoms with Crippen molar-refractivity contribution in [3.63, 3.8) is 0 Å². The number of piperidine rings is 1. The van der Waals surface area contributed by atoms with Crippen LogP contribution >= 0.6 is 0 Å². The lowest BCUT2D eigenvalue weighted by Gasteiger charge is -2.41. The Morgan fingerprint density at radius 3 is 2.62 bits per heavy atom. The fourth-order valence-corrected chi connectivity index (χ4v) is 4.53. The molecule has 2 fully saturated rings. The predicted octanol–water partition coefficient (Wildman–Crippen LogP) is 2.75. The van der Waals surface area contributed by atoms with Gasteiger partial charge in [0.2, 0.25) is 0 Å². The van der Waals surface area contributed by atoms with Crippen LogP contribution in [0.1, 0.15) is 42.6 Å². The average molecular weight is 355 g/mol. The van der Waals surface area contributed by atoms with Crippen molar-refractivity contribution in [2.45, 2.75) is 32.1 Å². The molecule has 1 spiro atoms. The Bertz CT molecular complexity index is 769. The Balaban J connectivity index is 1.41. The molecular weight excluding hydrogens is 326 g/mol. The topological polar surface area (TPSA) is 57.2 Å². The first-order valence-electron chi connectivity index (χ1n) is 9.71. The van der Waals surface area contributed by atoms with E-state index in [0.717, 1.165) is 37.3 Å². The first kappa shape index (κ1) is 17.3. The molecule has 6 nitrogen and oxygen atoms in total. The number of aryl methyl sites for hydroxylation is 1. The maximum absolute atomic E-state index is 12.9. The van der Waals surface area contributed by atoms with Crippen LogP contribution in [0.25, 0.3) is 11.4 Å². The summed E-state index contributed by atoms with van der Waals surface area (Å²) < 4.78 is 2.01. The summed E-state index contributed by atoms with van der Waals surface area (Å²) in [5.74, 6) is 0.0820. The lowest BCUT2D eigenvalue weighted by molar-refractivity contribution is 0.0537. The molecule has 4 heterocycles. The van der Waals surface area contributed by atoms with Crippen molar-refractivity contribution in [1.29, 1.82) is 0 Å². The highest BCUT2D eigenvalue weighted by molar-refractivity contribution is 5.93. The van der Waals surface area contributed by atoms with Gasteiger partial charge in [0.25, 0.3) is 5.91 Å². The van der Waals surface area contributed by atoms with Crippen molar-refractivity contribution in [3.05, 3.63) is 30.1 Å². The Labute approximate surface area is 155 Å². The van der Waals surface area contributed by atoms with Gasteiger partial charge in [-0.05, 0) is 75.9 Å². The molecule has 26 heavy (non-hydrogen) atoms. The van der Waals surface area contributed by atoms with Crippen molar-refractivity contribution in [3.8, 4) is 11.4 Å². The van der Waals surface area contributed by atoms with Gasteiger partial charge < -0.3 is 14.4 Å². The minimum atomic E-state index is 0.0820. The molecule has 0 atom stereocenters. The molecule has 4 rings (SSSR count). The number of nitrogens with zero attached hydrogens (tertiary/aromatic N) is 4. The Hall–Kier alpha value is -2.08. The number of carbonyl (C=O) groups is 1. The van der Waals surface area contributed by atoms with Crippen LogP contribution < -0.4 is 0 Å². The number of aromatic amines is 1. The predicted molar refractivity (Wildman–Crippen MR) is 102 cm³/mol. The molecule has 0 aromatic carbocycles. The van der Waals surface area contributed by atoms with Gasteiger partial charge in [0.05, 0.1) is 5.69 Å². The van der Waals surface area contributed by atoms with Crippen LogP contribution in [0.4, 0.5) is 0 Å². The van der Waals surface area contributed by atoms with Crippen molar-refractivity contribution >= 4 is 5.91 Å². The molecule has 0 radical (unpaired) electrons. The van der Waals surface area contributed by atoms with Gasteiger partial charge >= 0.3 is 0 Å². The largest absolute Gasteiger partial charge is 0.349 e. The van der Waals surface area contributed by atoms with Crippen molar-refractivity contribution in [1.82, 2.24) is 24.6 Å². The van der Waals surface area contributed by atoms with Gasteiger partial charge in [-0.25, -0.2) is 0 Å². The summed E-state index contributed by atoms with van der Waals surface area (Å²) in [6.07, 6.45) is 8.11. The SMILES string of the molecule is CN1CCCC2(CC1)CCN(C(=O)c1cc(-c3cccn3C)n[nH]1)CC2. The molecule has 1 N–H and O–H groups in total. The zero-order chi connectivity index (χ0) is 18.1. The molecule has 0 aliphatic carbocycles. The molecule has 0 unspecified atom stereocenters.